The van der Waals surface area contributed by atoms with Gasteiger partial charge in [-0.25, -0.2) is 9.97 Å². The van der Waals surface area contributed by atoms with E-state index >= 15 is 0 Å². The lowest BCUT2D eigenvalue weighted by molar-refractivity contribution is 0.103. The number of aromatic amines is 1. The van der Waals surface area contributed by atoms with Crippen molar-refractivity contribution in [2.75, 3.05) is 5.32 Å². The number of nitrogens with one attached hydrogen (secondary N) is 2. The van der Waals surface area contributed by atoms with Crippen LogP contribution in [0.4, 0.5) is 5.69 Å². The van der Waals surface area contributed by atoms with Gasteiger partial charge in [-0.1, -0.05) is 12.1 Å². The minimum Gasteiger partial charge on any atom is -0.386 e. The van der Waals surface area contributed by atoms with Crippen LogP contribution < -0.4 is 5.32 Å². The lowest BCUT2D eigenvalue weighted by Crippen LogP contribution is -2.11. The number of imidazole rings is 1. The van der Waals surface area contributed by atoms with Gasteiger partial charge in [0.2, 0.25) is 0 Å². The number of aryl methyl sites for hydroxylation is 2. The molecular formula is C17H18N4O2S. The molecule has 0 fully saturated rings. The monoisotopic (exact) mass is 342 g/mol. The molecule has 7 heteroatoms. The van der Waals surface area contributed by atoms with Gasteiger partial charge in [0.1, 0.15) is 21.8 Å². The summed E-state index contributed by atoms with van der Waals surface area (Å²) in [5.41, 5.74) is 3.41. The first-order valence-electron chi connectivity index (χ1n) is 7.53. The van der Waals surface area contributed by atoms with Gasteiger partial charge >= 0.3 is 0 Å². The fraction of sp³-hybridized carbons (Fsp3) is 0.235. The Morgan fingerprint density at radius 2 is 2.08 bits per heavy atom. The second kappa shape index (κ2) is 6.54. The summed E-state index contributed by atoms with van der Waals surface area (Å²) in [7, 11) is 0. The number of aliphatic hydroxyl groups is 1. The summed E-state index contributed by atoms with van der Waals surface area (Å²) in [6.07, 6.45) is 0.796. The van der Waals surface area contributed by atoms with E-state index in [1.807, 2.05) is 38.1 Å². The number of rotatable bonds is 4. The Morgan fingerprint density at radius 3 is 2.71 bits per heavy atom. The van der Waals surface area contributed by atoms with Crippen LogP contribution in [0.2, 0.25) is 0 Å². The summed E-state index contributed by atoms with van der Waals surface area (Å²) < 4.78 is 0. The van der Waals surface area contributed by atoms with E-state index in [4.69, 9.17) is 0 Å². The number of amides is 1. The maximum Gasteiger partial charge on any atom is 0.267 e. The van der Waals surface area contributed by atoms with E-state index in [-0.39, 0.29) is 5.91 Å². The summed E-state index contributed by atoms with van der Waals surface area (Å²) in [6.45, 7) is 5.52. The number of carbonyl (C=O) groups is 1. The smallest absolute Gasteiger partial charge is 0.267 e. The molecule has 0 spiro atoms. The van der Waals surface area contributed by atoms with E-state index in [9.17, 15) is 9.90 Å². The molecule has 1 atom stereocenters. The van der Waals surface area contributed by atoms with Crippen LogP contribution in [-0.4, -0.2) is 26.0 Å². The Kier molecular flexibility index (Phi) is 4.46. The van der Waals surface area contributed by atoms with E-state index in [2.05, 4.69) is 20.3 Å². The van der Waals surface area contributed by atoms with Crippen LogP contribution in [-0.2, 0) is 0 Å². The van der Waals surface area contributed by atoms with Crippen LogP contribution in [0, 0.1) is 13.8 Å². The molecule has 6 nitrogen and oxygen atoms in total. The fourth-order valence-electron chi connectivity index (χ4n) is 2.24. The highest BCUT2D eigenvalue weighted by atomic mass is 32.1. The first-order chi connectivity index (χ1) is 11.5. The summed E-state index contributed by atoms with van der Waals surface area (Å²) in [5.74, 6) is 0.460. The highest BCUT2D eigenvalue weighted by Gasteiger charge is 2.16. The molecule has 0 aliphatic carbocycles. The van der Waals surface area contributed by atoms with Crippen molar-refractivity contribution in [3.63, 3.8) is 0 Å². The average Bonchev–Trinajstić information content (AvgIpc) is 3.16. The van der Waals surface area contributed by atoms with E-state index in [0.717, 1.165) is 22.8 Å². The third-order valence-corrected chi connectivity index (χ3v) is 4.83. The average molecular weight is 342 g/mol. The van der Waals surface area contributed by atoms with Gasteiger partial charge in [-0.15, -0.1) is 11.3 Å². The normalized spacial score (nSPS) is 12.2. The number of thiazole rings is 1. The first kappa shape index (κ1) is 16.4. The third-order valence-electron chi connectivity index (χ3n) is 3.66. The van der Waals surface area contributed by atoms with Gasteiger partial charge in [0.15, 0.2) is 0 Å². The van der Waals surface area contributed by atoms with E-state index < -0.39 is 6.10 Å². The highest BCUT2D eigenvalue weighted by Crippen LogP contribution is 2.27. The molecule has 3 N–H and O–H groups in total. The molecule has 1 unspecified atom stereocenters. The van der Waals surface area contributed by atoms with Gasteiger partial charge in [-0.3, -0.25) is 4.79 Å². The molecule has 0 saturated carbocycles. The van der Waals surface area contributed by atoms with Crippen molar-refractivity contribution < 1.29 is 9.90 Å². The SMILES string of the molecule is Cc1nc(-c2ccccc2NC(=O)c2cnc(C(C)O)s2)[nH]c1C. The number of carbonyl (C=O) groups excluding carboxylic acids is 1. The molecule has 1 aromatic carbocycles. The zero-order valence-corrected chi connectivity index (χ0v) is 14.4. The number of anilines is 1. The first-order valence-corrected chi connectivity index (χ1v) is 8.35. The molecule has 24 heavy (non-hydrogen) atoms. The van der Waals surface area contributed by atoms with Gasteiger partial charge in [0, 0.05) is 11.3 Å². The number of para-hydroxylation sites is 1. The lowest BCUT2D eigenvalue weighted by Gasteiger charge is -2.08. The molecule has 3 aromatic rings. The molecule has 2 heterocycles. The third kappa shape index (κ3) is 3.22. The number of aromatic nitrogens is 3. The Labute approximate surface area is 143 Å². The molecule has 2 aromatic heterocycles. The van der Waals surface area contributed by atoms with Crippen LogP contribution in [0.25, 0.3) is 11.4 Å². The number of aliphatic hydroxyl groups excluding tert-OH is 1. The Hall–Kier alpha value is -2.51. The molecule has 0 radical (unpaired) electrons. The van der Waals surface area contributed by atoms with E-state index in [0.29, 0.717) is 15.6 Å². The van der Waals surface area contributed by atoms with Crippen LogP contribution in [0.1, 0.15) is 39.1 Å². The molecule has 0 aliphatic heterocycles. The van der Waals surface area contributed by atoms with E-state index in [1.165, 1.54) is 17.5 Å². The fourth-order valence-corrected chi connectivity index (χ4v) is 2.99. The van der Waals surface area contributed by atoms with Gasteiger partial charge in [0.25, 0.3) is 5.91 Å². The van der Waals surface area contributed by atoms with Crippen LogP contribution in [0.15, 0.2) is 30.5 Å². The Balaban J connectivity index is 1.88. The molecule has 124 valence electrons. The van der Waals surface area contributed by atoms with E-state index in [1.54, 1.807) is 6.92 Å². The van der Waals surface area contributed by atoms with Gasteiger partial charge < -0.3 is 15.4 Å². The van der Waals surface area contributed by atoms with Crippen molar-refractivity contribution in [2.24, 2.45) is 0 Å². The number of hydrogen-bond acceptors (Lipinski definition) is 5. The zero-order valence-electron chi connectivity index (χ0n) is 13.6. The van der Waals surface area contributed by atoms with Crippen molar-refractivity contribution in [1.29, 1.82) is 0 Å². The maximum atomic E-state index is 12.5. The maximum absolute atomic E-state index is 12.5. The van der Waals surface area contributed by atoms with Crippen LogP contribution in [0.3, 0.4) is 0 Å². The van der Waals surface area contributed by atoms with Crippen molar-refractivity contribution in [2.45, 2.75) is 26.9 Å². The van der Waals surface area contributed by atoms with Gasteiger partial charge in [-0.05, 0) is 32.9 Å². The van der Waals surface area contributed by atoms with Crippen molar-refractivity contribution >= 4 is 22.9 Å². The number of benzene rings is 1. The van der Waals surface area contributed by atoms with Gasteiger partial charge in [-0.2, -0.15) is 0 Å². The second-order valence-corrected chi connectivity index (χ2v) is 6.60. The van der Waals surface area contributed by atoms with Gasteiger partial charge in [0.05, 0.1) is 17.6 Å². The predicted octanol–water partition coefficient (Wildman–Crippen LogP) is 3.46. The topological polar surface area (TPSA) is 90.9 Å². The molecule has 0 saturated heterocycles. The summed E-state index contributed by atoms with van der Waals surface area (Å²) >= 11 is 1.18. The zero-order chi connectivity index (χ0) is 17.3. The van der Waals surface area contributed by atoms with Crippen LogP contribution in [0.5, 0.6) is 0 Å². The summed E-state index contributed by atoms with van der Waals surface area (Å²) in [6, 6.07) is 7.49. The molecule has 1 amide bonds. The standard InChI is InChI=1S/C17H18N4O2S/c1-9-10(2)20-15(19-9)12-6-4-5-7-13(12)21-16(23)14-8-18-17(24-14)11(3)22/h4-8,11,22H,1-3H3,(H,19,20)(H,21,23). The molecule has 0 aliphatic rings. The number of H-pyrrole nitrogens is 1. The number of nitrogens with zero attached hydrogens (tertiary/aromatic N) is 2. The number of hydrogen-bond donors (Lipinski definition) is 3. The van der Waals surface area contributed by atoms with Crippen molar-refractivity contribution in [3.8, 4) is 11.4 Å². The summed E-state index contributed by atoms with van der Waals surface area (Å²) in [5, 5.41) is 12.9. The predicted molar refractivity (Wildman–Crippen MR) is 94.2 cm³/mol. The molecule has 0 bridgehead atoms. The minimum absolute atomic E-state index is 0.258. The summed E-state index contributed by atoms with van der Waals surface area (Å²) in [4.78, 5) is 24.7. The minimum atomic E-state index is -0.682. The Bertz CT molecular complexity index is 863. The quantitative estimate of drug-likeness (QED) is 0.677. The molecular weight excluding hydrogens is 324 g/mol. The van der Waals surface area contributed by atoms with Crippen molar-refractivity contribution in [1.82, 2.24) is 15.0 Å². The highest BCUT2D eigenvalue weighted by molar-refractivity contribution is 7.13. The van der Waals surface area contributed by atoms with Crippen LogP contribution >= 0.6 is 11.3 Å². The molecule has 3 rings (SSSR count). The van der Waals surface area contributed by atoms with Crippen molar-refractivity contribution in [3.05, 3.63) is 51.7 Å². The second-order valence-electron chi connectivity index (χ2n) is 5.53. The largest absolute Gasteiger partial charge is 0.386 e. The Morgan fingerprint density at radius 1 is 1.33 bits per heavy atom. The lowest BCUT2D eigenvalue weighted by atomic mass is 10.1.